The number of benzene rings is 1. The zero-order chi connectivity index (χ0) is 20.3. The Balaban J connectivity index is 1.36. The second kappa shape index (κ2) is 7.95. The molecule has 1 aliphatic heterocycles. The summed E-state index contributed by atoms with van der Waals surface area (Å²) in [5, 5.41) is 0. The van der Waals surface area contributed by atoms with Crippen LogP contribution >= 0.6 is 0 Å². The van der Waals surface area contributed by atoms with E-state index in [1.807, 2.05) is 53.8 Å². The van der Waals surface area contributed by atoms with Crippen molar-refractivity contribution in [3.8, 4) is 22.3 Å². The zero-order valence-corrected chi connectivity index (χ0v) is 16.6. The van der Waals surface area contributed by atoms with Gasteiger partial charge in [0.15, 0.2) is 0 Å². The smallest absolute Gasteiger partial charge is 0.227 e. The van der Waals surface area contributed by atoms with Gasteiger partial charge in [0.2, 0.25) is 5.91 Å². The molecule has 1 fully saturated rings. The number of amides is 1. The molecule has 0 radical (unpaired) electrons. The van der Waals surface area contributed by atoms with E-state index >= 15 is 0 Å². The molecule has 1 amide bonds. The molecule has 4 aromatic rings. The van der Waals surface area contributed by atoms with Crippen LogP contribution in [0.1, 0.15) is 18.5 Å². The van der Waals surface area contributed by atoms with E-state index in [1.54, 1.807) is 0 Å². The third-order valence-electron chi connectivity index (χ3n) is 5.48. The van der Waals surface area contributed by atoms with Crippen LogP contribution in [0, 0.1) is 0 Å². The minimum Gasteiger partial charge on any atom is -0.348 e. The van der Waals surface area contributed by atoms with E-state index in [2.05, 4.69) is 51.2 Å². The number of pyridine rings is 2. The number of hydrogen-bond donors (Lipinski definition) is 0. The van der Waals surface area contributed by atoms with Crippen molar-refractivity contribution in [3.05, 3.63) is 91.3 Å². The fourth-order valence-electron chi connectivity index (χ4n) is 3.90. The van der Waals surface area contributed by atoms with Crippen molar-refractivity contribution in [1.29, 1.82) is 0 Å². The summed E-state index contributed by atoms with van der Waals surface area (Å²) in [6.45, 7) is 1.55. The Hall–Kier alpha value is -3.73. The number of aromatic nitrogens is 3. The summed E-state index contributed by atoms with van der Waals surface area (Å²) >= 11 is 0. The maximum absolute atomic E-state index is 12.0. The van der Waals surface area contributed by atoms with Gasteiger partial charge in [0.1, 0.15) is 0 Å². The van der Waals surface area contributed by atoms with Crippen molar-refractivity contribution in [2.75, 3.05) is 11.4 Å². The highest BCUT2D eigenvalue weighted by Crippen LogP contribution is 2.28. The highest BCUT2D eigenvalue weighted by atomic mass is 16.2. The highest BCUT2D eigenvalue weighted by Gasteiger charge is 2.21. The van der Waals surface area contributed by atoms with E-state index in [9.17, 15) is 4.79 Å². The molecule has 5 rings (SSSR count). The van der Waals surface area contributed by atoms with Crippen LogP contribution in [0.25, 0.3) is 22.3 Å². The normalized spacial score (nSPS) is 13.7. The number of carbonyl (C=O) groups excluding carboxylic acids is 1. The number of hydrogen-bond acceptors (Lipinski definition) is 3. The van der Waals surface area contributed by atoms with Crippen molar-refractivity contribution in [2.45, 2.75) is 19.4 Å². The van der Waals surface area contributed by atoms with E-state index in [0.717, 1.165) is 53.1 Å². The largest absolute Gasteiger partial charge is 0.348 e. The molecule has 4 heterocycles. The van der Waals surface area contributed by atoms with E-state index < -0.39 is 0 Å². The zero-order valence-electron chi connectivity index (χ0n) is 16.6. The van der Waals surface area contributed by atoms with Crippen molar-refractivity contribution < 1.29 is 4.79 Å². The van der Waals surface area contributed by atoms with Gasteiger partial charge >= 0.3 is 0 Å². The molecule has 0 aliphatic carbocycles. The summed E-state index contributed by atoms with van der Waals surface area (Å²) in [5.74, 6) is 0.210. The van der Waals surface area contributed by atoms with Crippen LogP contribution in [0.2, 0.25) is 0 Å². The second-order valence-electron chi connectivity index (χ2n) is 7.55. The number of carbonyl (C=O) groups is 1. The van der Waals surface area contributed by atoms with Crippen molar-refractivity contribution in [2.24, 2.45) is 0 Å². The lowest BCUT2D eigenvalue weighted by atomic mass is 10.0. The molecule has 0 spiro atoms. The Labute approximate surface area is 175 Å². The third kappa shape index (κ3) is 3.74. The predicted octanol–water partition coefficient (Wildman–Crippen LogP) is 4.79. The summed E-state index contributed by atoms with van der Waals surface area (Å²) in [7, 11) is 0. The molecule has 0 bridgehead atoms. The summed E-state index contributed by atoms with van der Waals surface area (Å²) in [5.41, 5.74) is 6.35. The predicted molar refractivity (Wildman–Crippen MR) is 118 cm³/mol. The number of anilines is 1. The van der Waals surface area contributed by atoms with Gasteiger partial charge in [-0.25, -0.2) is 0 Å². The molecular weight excluding hydrogens is 372 g/mol. The maximum atomic E-state index is 12.0. The standard InChI is InChI=1S/C25H22N4O/c30-25-5-3-12-29(25)24-8-6-19(7-9-24)21-14-22(16-26-15-21)20-10-13-28(17-20)18-23-4-1-2-11-27-23/h1-2,4,6-11,13-17H,3,5,12,18H2. The van der Waals surface area contributed by atoms with Gasteiger partial charge < -0.3 is 9.47 Å². The lowest BCUT2D eigenvalue weighted by Gasteiger charge is -2.16. The molecule has 1 saturated heterocycles. The van der Waals surface area contributed by atoms with E-state index in [1.165, 1.54) is 0 Å². The monoisotopic (exact) mass is 394 g/mol. The molecule has 0 unspecified atom stereocenters. The van der Waals surface area contributed by atoms with Crippen LogP contribution in [0.5, 0.6) is 0 Å². The fourth-order valence-corrected chi connectivity index (χ4v) is 3.90. The molecule has 3 aromatic heterocycles. The Morgan fingerprint density at radius 2 is 1.73 bits per heavy atom. The van der Waals surface area contributed by atoms with Crippen molar-refractivity contribution in [3.63, 3.8) is 0 Å². The Kier molecular flexibility index (Phi) is 4.85. The van der Waals surface area contributed by atoms with Crippen LogP contribution in [0.15, 0.2) is 85.6 Å². The Morgan fingerprint density at radius 3 is 2.47 bits per heavy atom. The van der Waals surface area contributed by atoms with Gasteiger partial charge in [0.05, 0.1) is 12.2 Å². The second-order valence-corrected chi connectivity index (χ2v) is 7.55. The molecular formula is C25H22N4O. The average Bonchev–Trinajstić information content (AvgIpc) is 3.44. The lowest BCUT2D eigenvalue weighted by Crippen LogP contribution is -2.23. The maximum Gasteiger partial charge on any atom is 0.227 e. The number of rotatable bonds is 5. The third-order valence-corrected chi connectivity index (χ3v) is 5.48. The van der Waals surface area contributed by atoms with Gasteiger partial charge in [-0.05, 0) is 48.4 Å². The van der Waals surface area contributed by atoms with Crippen molar-refractivity contribution in [1.82, 2.24) is 14.5 Å². The van der Waals surface area contributed by atoms with Gasteiger partial charge in [-0.15, -0.1) is 0 Å². The molecule has 5 heteroatoms. The molecule has 30 heavy (non-hydrogen) atoms. The van der Waals surface area contributed by atoms with E-state index in [0.29, 0.717) is 6.42 Å². The molecule has 1 aliphatic rings. The van der Waals surface area contributed by atoms with E-state index in [4.69, 9.17) is 0 Å². The summed E-state index contributed by atoms with van der Waals surface area (Å²) in [4.78, 5) is 22.7. The molecule has 0 saturated carbocycles. The Bertz CT molecular complexity index is 1170. The molecule has 1 aromatic carbocycles. The SMILES string of the molecule is O=C1CCCN1c1ccc(-c2cncc(-c3ccn(Cc4ccccn4)c3)c2)cc1. The van der Waals surface area contributed by atoms with Gasteiger partial charge in [0, 0.05) is 66.3 Å². The van der Waals surface area contributed by atoms with Gasteiger partial charge in [0.25, 0.3) is 0 Å². The van der Waals surface area contributed by atoms with Crippen LogP contribution in [0.3, 0.4) is 0 Å². The number of nitrogens with zero attached hydrogens (tertiary/aromatic N) is 4. The van der Waals surface area contributed by atoms with E-state index in [-0.39, 0.29) is 5.91 Å². The van der Waals surface area contributed by atoms with Gasteiger partial charge in [-0.3, -0.25) is 14.8 Å². The van der Waals surface area contributed by atoms with Gasteiger partial charge in [-0.2, -0.15) is 0 Å². The molecule has 148 valence electrons. The minimum absolute atomic E-state index is 0.210. The summed E-state index contributed by atoms with van der Waals surface area (Å²) in [6.07, 6.45) is 11.4. The first-order valence-corrected chi connectivity index (χ1v) is 10.2. The van der Waals surface area contributed by atoms with Crippen LogP contribution in [-0.4, -0.2) is 27.0 Å². The first kappa shape index (κ1) is 18.3. The summed E-state index contributed by atoms with van der Waals surface area (Å²) < 4.78 is 2.13. The molecule has 0 N–H and O–H groups in total. The fraction of sp³-hybridized carbons (Fsp3) is 0.160. The minimum atomic E-state index is 0.210. The van der Waals surface area contributed by atoms with Crippen LogP contribution in [0.4, 0.5) is 5.69 Å². The highest BCUT2D eigenvalue weighted by molar-refractivity contribution is 5.95. The van der Waals surface area contributed by atoms with Gasteiger partial charge in [-0.1, -0.05) is 18.2 Å². The first-order valence-electron chi connectivity index (χ1n) is 10.2. The summed E-state index contributed by atoms with van der Waals surface area (Å²) in [6, 6.07) is 18.4. The first-order chi connectivity index (χ1) is 14.8. The quantitative estimate of drug-likeness (QED) is 0.489. The molecule has 5 nitrogen and oxygen atoms in total. The van der Waals surface area contributed by atoms with Crippen LogP contribution in [-0.2, 0) is 11.3 Å². The lowest BCUT2D eigenvalue weighted by molar-refractivity contribution is -0.117. The Morgan fingerprint density at radius 1 is 0.900 bits per heavy atom. The topological polar surface area (TPSA) is 51.0 Å². The molecule has 0 atom stereocenters. The van der Waals surface area contributed by atoms with Crippen LogP contribution < -0.4 is 4.90 Å². The van der Waals surface area contributed by atoms with Crippen molar-refractivity contribution >= 4 is 11.6 Å². The average molecular weight is 394 g/mol.